The van der Waals surface area contributed by atoms with Crippen molar-refractivity contribution in [3.05, 3.63) is 28.8 Å². The number of carbonyl (C=O) groups excluding carboxylic acids is 1. The van der Waals surface area contributed by atoms with Crippen LogP contribution in [-0.2, 0) is 11.3 Å². The van der Waals surface area contributed by atoms with E-state index in [1.165, 1.54) is 4.90 Å². The third kappa shape index (κ3) is 2.88. The summed E-state index contributed by atoms with van der Waals surface area (Å²) in [6.07, 6.45) is 0. The summed E-state index contributed by atoms with van der Waals surface area (Å²) in [5, 5.41) is 8.95. The van der Waals surface area contributed by atoms with Gasteiger partial charge < -0.3 is 9.64 Å². The number of amides is 1. The summed E-state index contributed by atoms with van der Waals surface area (Å²) in [6.45, 7) is 0.301. The first kappa shape index (κ1) is 12.3. The summed E-state index contributed by atoms with van der Waals surface area (Å²) >= 11 is 6.00. The number of nitriles is 1. The molecule has 0 spiro atoms. The fraction of sp³-hybridized carbons (Fsp3) is 0.273. The van der Waals surface area contributed by atoms with Crippen LogP contribution in [0.25, 0.3) is 0 Å². The summed E-state index contributed by atoms with van der Waals surface area (Å²) in [5.41, 5.74) is 0.772. The summed E-state index contributed by atoms with van der Waals surface area (Å²) in [6, 6.07) is 6.74. The van der Waals surface area contributed by atoms with Crippen LogP contribution in [0.5, 0.6) is 5.75 Å². The Hall–Kier alpha value is -1.73. The average Bonchev–Trinajstić information content (AvgIpc) is 2.30. The third-order valence-corrected chi connectivity index (χ3v) is 2.46. The van der Waals surface area contributed by atoms with Crippen molar-refractivity contribution in [1.29, 1.82) is 5.26 Å². The van der Waals surface area contributed by atoms with Gasteiger partial charge in [-0.3, -0.25) is 4.79 Å². The Bertz CT molecular complexity index is 440. The van der Waals surface area contributed by atoms with Crippen molar-refractivity contribution >= 4 is 17.5 Å². The summed E-state index contributed by atoms with van der Waals surface area (Å²) in [4.78, 5) is 12.3. The standard InChI is InChI=1S/C11H11ClN2O2/c1-14(11(15)6-13)7-8-3-4-9(16-2)5-10(8)12/h3-5H,7H2,1-2H3. The molecule has 0 saturated carbocycles. The normalized spacial score (nSPS) is 9.38. The minimum atomic E-state index is -0.591. The van der Waals surface area contributed by atoms with E-state index in [-0.39, 0.29) is 0 Å². The monoisotopic (exact) mass is 238 g/mol. The molecule has 0 fully saturated rings. The second-order valence-electron chi connectivity index (χ2n) is 3.23. The lowest BCUT2D eigenvalue weighted by atomic mass is 10.2. The Balaban J connectivity index is 2.83. The minimum Gasteiger partial charge on any atom is -0.497 e. The molecule has 0 bridgehead atoms. The summed E-state index contributed by atoms with van der Waals surface area (Å²) in [7, 11) is 3.10. The van der Waals surface area contributed by atoms with Crippen molar-refractivity contribution in [3.8, 4) is 11.8 Å². The topological polar surface area (TPSA) is 53.3 Å². The van der Waals surface area contributed by atoms with E-state index < -0.39 is 5.91 Å². The number of rotatable bonds is 3. The highest BCUT2D eigenvalue weighted by Crippen LogP contribution is 2.23. The molecule has 0 aliphatic carbocycles. The van der Waals surface area contributed by atoms with Crippen molar-refractivity contribution in [3.63, 3.8) is 0 Å². The first-order chi connectivity index (χ1) is 7.58. The van der Waals surface area contributed by atoms with E-state index in [1.54, 1.807) is 38.4 Å². The van der Waals surface area contributed by atoms with E-state index >= 15 is 0 Å². The number of nitrogens with zero attached hydrogens (tertiary/aromatic N) is 2. The number of benzene rings is 1. The molecule has 0 saturated heterocycles. The SMILES string of the molecule is COc1ccc(CN(C)C(=O)C#N)c(Cl)c1. The van der Waals surface area contributed by atoms with Gasteiger partial charge in [0.25, 0.3) is 0 Å². The van der Waals surface area contributed by atoms with Crippen LogP contribution in [0.15, 0.2) is 18.2 Å². The molecule has 1 rings (SSSR count). The van der Waals surface area contributed by atoms with Gasteiger partial charge in [-0.25, -0.2) is 0 Å². The molecule has 0 N–H and O–H groups in total. The maximum Gasteiger partial charge on any atom is 0.325 e. The maximum absolute atomic E-state index is 11.0. The first-order valence-corrected chi connectivity index (χ1v) is 4.94. The van der Waals surface area contributed by atoms with E-state index in [4.69, 9.17) is 21.6 Å². The molecule has 0 heterocycles. The van der Waals surface area contributed by atoms with Gasteiger partial charge in [0.05, 0.1) is 7.11 Å². The third-order valence-electron chi connectivity index (χ3n) is 2.11. The maximum atomic E-state index is 11.0. The molecule has 0 aromatic heterocycles. The molecule has 0 atom stereocenters. The van der Waals surface area contributed by atoms with Gasteiger partial charge in [0.2, 0.25) is 0 Å². The zero-order chi connectivity index (χ0) is 12.1. The van der Waals surface area contributed by atoms with Crippen LogP contribution in [0, 0.1) is 11.3 Å². The van der Waals surface area contributed by atoms with Gasteiger partial charge in [-0.1, -0.05) is 17.7 Å². The molecule has 4 nitrogen and oxygen atoms in total. The fourth-order valence-corrected chi connectivity index (χ4v) is 1.43. The van der Waals surface area contributed by atoms with Crippen LogP contribution >= 0.6 is 11.6 Å². The largest absolute Gasteiger partial charge is 0.497 e. The Labute approximate surface area is 99.0 Å². The molecule has 1 aromatic rings. The van der Waals surface area contributed by atoms with Crippen LogP contribution in [0.4, 0.5) is 0 Å². The number of hydrogen-bond donors (Lipinski definition) is 0. The molecule has 5 heteroatoms. The van der Waals surface area contributed by atoms with Crippen molar-refractivity contribution in [1.82, 2.24) is 4.90 Å². The van der Waals surface area contributed by atoms with Crippen molar-refractivity contribution in [2.45, 2.75) is 6.54 Å². The van der Waals surface area contributed by atoms with Crippen LogP contribution < -0.4 is 4.74 Å². The van der Waals surface area contributed by atoms with Crippen LogP contribution in [0.2, 0.25) is 5.02 Å². The van der Waals surface area contributed by atoms with Gasteiger partial charge in [-0.2, -0.15) is 5.26 Å². The molecule has 1 aromatic carbocycles. The minimum absolute atomic E-state index is 0.301. The van der Waals surface area contributed by atoms with E-state index in [0.717, 1.165) is 5.56 Å². The van der Waals surface area contributed by atoms with E-state index in [2.05, 4.69) is 0 Å². The van der Waals surface area contributed by atoms with Gasteiger partial charge >= 0.3 is 5.91 Å². The number of hydrogen-bond acceptors (Lipinski definition) is 3. The molecule has 0 unspecified atom stereocenters. The van der Waals surface area contributed by atoms with Gasteiger partial charge in [0.1, 0.15) is 5.75 Å². The Morgan fingerprint density at radius 2 is 2.31 bits per heavy atom. The number of methoxy groups -OCH3 is 1. The van der Waals surface area contributed by atoms with Gasteiger partial charge in [-0.05, 0) is 17.7 Å². The molecule has 84 valence electrons. The highest BCUT2D eigenvalue weighted by Gasteiger charge is 2.10. The van der Waals surface area contributed by atoms with E-state index in [0.29, 0.717) is 17.3 Å². The van der Waals surface area contributed by atoms with Crippen LogP contribution in [0.1, 0.15) is 5.56 Å². The first-order valence-electron chi connectivity index (χ1n) is 4.56. The zero-order valence-electron chi connectivity index (χ0n) is 9.03. The lowest BCUT2D eigenvalue weighted by molar-refractivity contribution is -0.124. The highest BCUT2D eigenvalue weighted by molar-refractivity contribution is 6.31. The molecule has 0 radical (unpaired) electrons. The van der Waals surface area contributed by atoms with Crippen LogP contribution in [0.3, 0.4) is 0 Å². The van der Waals surface area contributed by atoms with Crippen molar-refractivity contribution in [2.24, 2.45) is 0 Å². The van der Waals surface area contributed by atoms with E-state index in [9.17, 15) is 4.79 Å². The van der Waals surface area contributed by atoms with Gasteiger partial charge in [-0.15, -0.1) is 0 Å². The highest BCUT2D eigenvalue weighted by atomic mass is 35.5. The van der Waals surface area contributed by atoms with Crippen molar-refractivity contribution < 1.29 is 9.53 Å². The molecule has 16 heavy (non-hydrogen) atoms. The second-order valence-corrected chi connectivity index (χ2v) is 3.64. The molecule has 1 amide bonds. The van der Waals surface area contributed by atoms with E-state index in [1.807, 2.05) is 0 Å². The molecular weight excluding hydrogens is 228 g/mol. The smallest absolute Gasteiger partial charge is 0.325 e. The fourth-order valence-electron chi connectivity index (χ4n) is 1.20. The average molecular weight is 239 g/mol. The molecular formula is C11H11ClN2O2. The summed E-state index contributed by atoms with van der Waals surface area (Å²) in [5.74, 6) is 0.0647. The van der Waals surface area contributed by atoms with Gasteiger partial charge in [0.15, 0.2) is 6.07 Å². The predicted octanol–water partition coefficient (Wildman–Crippen LogP) is 1.83. The number of ether oxygens (including phenoxy) is 1. The Morgan fingerprint density at radius 3 is 2.81 bits per heavy atom. The summed E-state index contributed by atoms with van der Waals surface area (Å²) < 4.78 is 5.01. The zero-order valence-corrected chi connectivity index (χ0v) is 9.78. The lowest BCUT2D eigenvalue weighted by Gasteiger charge is -2.14. The Morgan fingerprint density at radius 1 is 1.62 bits per heavy atom. The van der Waals surface area contributed by atoms with Gasteiger partial charge in [0, 0.05) is 18.6 Å². The number of carbonyl (C=O) groups is 1. The predicted molar refractivity (Wildman–Crippen MR) is 60.1 cm³/mol. The van der Waals surface area contributed by atoms with Crippen LogP contribution in [-0.4, -0.2) is 25.0 Å². The van der Waals surface area contributed by atoms with Crippen molar-refractivity contribution in [2.75, 3.05) is 14.2 Å². The molecule has 0 aliphatic rings. The molecule has 0 aliphatic heterocycles. The number of halogens is 1. The quantitative estimate of drug-likeness (QED) is 0.755. The Kier molecular flexibility index (Phi) is 4.15. The lowest BCUT2D eigenvalue weighted by Crippen LogP contribution is -2.24. The second kappa shape index (κ2) is 5.38.